The molecule has 2 aromatic heterocycles. The summed E-state index contributed by atoms with van der Waals surface area (Å²) in [6, 6.07) is 5.47. The van der Waals surface area contributed by atoms with E-state index in [9.17, 15) is 4.79 Å². The standard InChI is InChI=1S/C10H9N3O2S/c14-6-3-7-16-10-13-12-9(15-10)8-4-1-2-5-11-8/h1-2,4-6H,3,7H2. The summed E-state index contributed by atoms with van der Waals surface area (Å²) in [7, 11) is 0. The maximum atomic E-state index is 10.1. The fourth-order valence-corrected chi connectivity index (χ4v) is 1.68. The molecule has 0 aromatic carbocycles. The van der Waals surface area contributed by atoms with Gasteiger partial charge in [-0.2, -0.15) is 0 Å². The lowest BCUT2D eigenvalue weighted by molar-refractivity contribution is -0.107. The second-order valence-electron chi connectivity index (χ2n) is 2.89. The van der Waals surface area contributed by atoms with Gasteiger partial charge in [0, 0.05) is 18.4 Å². The minimum Gasteiger partial charge on any atom is -0.410 e. The van der Waals surface area contributed by atoms with Gasteiger partial charge in [0.1, 0.15) is 12.0 Å². The number of thioether (sulfide) groups is 1. The zero-order chi connectivity index (χ0) is 11.2. The number of carbonyl (C=O) groups excluding carboxylic acids is 1. The quantitative estimate of drug-likeness (QED) is 0.447. The number of hydrogen-bond acceptors (Lipinski definition) is 6. The van der Waals surface area contributed by atoms with Crippen molar-refractivity contribution in [3.8, 4) is 11.6 Å². The number of aldehydes is 1. The lowest BCUT2D eigenvalue weighted by Gasteiger charge is -1.91. The summed E-state index contributed by atoms with van der Waals surface area (Å²) in [6.45, 7) is 0. The van der Waals surface area contributed by atoms with Crippen LogP contribution in [0, 0.1) is 0 Å². The van der Waals surface area contributed by atoms with Gasteiger partial charge in [-0.25, -0.2) is 0 Å². The Morgan fingerprint density at radius 3 is 3.06 bits per heavy atom. The smallest absolute Gasteiger partial charge is 0.276 e. The van der Waals surface area contributed by atoms with E-state index in [-0.39, 0.29) is 0 Å². The molecule has 0 saturated heterocycles. The summed E-state index contributed by atoms with van der Waals surface area (Å²) in [4.78, 5) is 14.2. The molecular formula is C10H9N3O2S. The Bertz CT molecular complexity index is 458. The zero-order valence-electron chi connectivity index (χ0n) is 8.37. The number of pyridine rings is 1. The third kappa shape index (κ3) is 2.66. The molecule has 0 amide bonds. The van der Waals surface area contributed by atoms with Crippen LogP contribution in [-0.4, -0.2) is 27.2 Å². The number of aromatic nitrogens is 3. The first-order valence-corrected chi connectivity index (χ1v) is 5.70. The zero-order valence-corrected chi connectivity index (χ0v) is 9.18. The summed E-state index contributed by atoms with van der Waals surface area (Å²) in [5.74, 6) is 1.04. The van der Waals surface area contributed by atoms with Gasteiger partial charge < -0.3 is 9.21 Å². The second-order valence-corrected chi connectivity index (χ2v) is 3.94. The Labute approximate surface area is 96.3 Å². The second kappa shape index (κ2) is 5.41. The largest absolute Gasteiger partial charge is 0.410 e. The SMILES string of the molecule is O=CCCSc1nnc(-c2ccccn2)o1. The highest BCUT2D eigenvalue weighted by molar-refractivity contribution is 7.99. The van der Waals surface area contributed by atoms with Crippen LogP contribution < -0.4 is 0 Å². The highest BCUT2D eigenvalue weighted by Crippen LogP contribution is 2.21. The van der Waals surface area contributed by atoms with Crippen LogP contribution in [0.25, 0.3) is 11.6 Å². The minimum atomic E-state index is 0.397. The van der Waals surface area contributed by atoms with E-state index < -0.39 is 0 Å². The van der Waals surface area contributed by atoms with Gasteiger partial charge in [-0.1, -0.05) is 17.8 Å². The van der Waals surface area contributed by atoms with E-state index in [2.05, 4.69) is 15.2 Å². The maximum Gasteiger partial charge on any atom is 0.276 e. The van der Waals surface area contributed by atoms with Crippen molar-refractivity contribution in [2.75, 3.05) is 5.75 Å². The van der Waals surface area contributed by atoms with Gasteiger partial charge in [0.25, 0.3) is 11.1 Å². The molecule has 0 fully saturated rings. The first-order chi connectivity index (χ1) is 7.90. The molecule has 2 heterocycles. The van der Waals surface area contributed by atoms with Crippen LogP contribution in [0.15, 0.2) is 34.0 Å². The van der Waals surface area contributed by atoms with Crippen molar-refractivity contribution < 1.29 is 9.21 Å². The van der Waals surface area contributed by atoms with E-state index in [1.807, 2.05) is 12.1 Å². The lowest BCUT2D eigenvalue weighted by Crippen LogP contribution is -1.80. The third-order valence-corrected chi connectivity index (χ3v) is 2.60. The van der Waals surface area contributed by atoms with E-state index in [0.29, 0.717) is 29.0 Å². The molecule has 82 valence electrons. The van der Waals surface area contributed by atoms with Crippen LogP contribution in [-0.2, 0) is 4.79 Å². The van der Waals surface area contributed by atoms with E-state index in [1.54, 1.807) is 12.3 Å². The maximum absolute atomic E-state index is 10.1. The molecule has 0 saturated carbocycles. The Morgan fingerprint density at radius 1 is 1.38 bits per heavy atom. The molecule has 16 heavy (non-hydrogen) atoms. The van der Waals surface area contributed by atoms with Crippen molar-refractivity contribution >= 4 is 18.0 Å². The minimum absolute atomic E-state index is 0.397. The lowest BCUT2D eigenvalue weighted by atomic mass is 10.3. The molecule has 0 spiro atoms. The molecule has 0 aliphatic rings. The summed E-state index contributed by atoms with van der Waals surface area (Å²) in [5.41, 5.74) is 0.650. The van der Waals surface area contributed by atoms with Crippen molar-refractivity contribution in [2.45, 2.75) is 11.6 Å². The van der Waals surface area contributed by atoms with Crippen molar-refractivity contribution in [2.24, 2.45) is 0 Å². The Kier molecular flexibility index (Phi) is 3.66. The van der Waals surface area contributed by atoms with Crippen LogP contribution in [0.3, 0.4) is 0 Å². The Balaban J connectivity index is 2.05. The van der Waals surface area contributed by atoms with Crippen LogP contribution in [0.1, 0.15) is 6.42 Å². The summed E-state index contributed by atoms with van der Waals surface area (Å²) >= 11 is 1.36. The molecule has 0 radical (unpaired) electrons. The molecule has 0 atom stereocenters. The number of hydrogen-bond donors (Lipinski definition) is 0. The van der Waals surface area contributed by atoms with Crippen LogP contribution in [0.5, 0.6) is 0 Å². The monoisotopic (exact) mass is 235 g/mol. The average molecular weight is 235 g/mol. The van der Waals surface area contributed by atoms with E-state index in [0.717, 1.165) is 6.29 Å². The Hall–Kier alpha value is -1.69. The third-order valence-electron chi connectivity index (χ3n) is 1.75. The van der Waals surface area contributed by atoms with Crippen LogP contribution in [0.4, 0.5) is 0 Å². The topological polar surface area (TPSA) is 68.9 Å². The molecular weight excluding hydrogens is 226 g/mol. The van der Waals surface area contributed by atoms with Crippen molar-refractivity contribution in [1.82, 2.24) is 15.2 Å². The predicted molar refractivity (Wildman–Crippen MR) is 58.9 cm³/mol. The normalized spacial score (nSPS) is 10.2. The van der Waals surface area contributed by atoms with E-state index in [4.69, 9.17) is 4.42 Å². The van der Waals surface area contributed by atoms with Gasteiger partial charge in [0.05, 0.1) is 0 Å². The molecule has 5 nitrogen and oxygen atoms in total. The van der Waals surface area contributed by atoms with Gasteiger partial charge in [0.2, 0.25) is 0 Å². The van der Waals surface area contributed by atoms with Crippen LogP contribution in [0.2, 0.25) is 0 Å². The van der Waals surface area contributed by atoms with Crippen LogP contribution >= 0.6 is 11.8 Å². The van der Waals surface area contributed by atoms with Gasteiger partial charge in [-0.15, -0.1) is 10.2 Å². The Morgan fingerprint density at radius 2 is 2.31 bits per heavy atom. The van der Waals surface area contributed by atoms with Crippen molar-refractivity contribution in [3.05, 3.63) is 24.4 Å². The predicted octanol–water partition coefficient (Wildman–Crippen LogP) is 1.81. The van der Waals surface area contributed by atoms with Gasteiger partial charge in [-0.05, 0) is 12.1 Å². The first kappa shape index (κ1) is 10.8. The summed E-state index contributed by atoms with van der Waals surface area (Å²) in [5, 5.41) is 8.19. The van der Waals surface area contributed by atoms with Gasteiger partial charge in [-0.3, -0.25) is 4.98 Å². The molecule has 0 N–H and O–H groups in total. The molecule has 0 unspecified atom stereocenters. The molecule has 0 bridgehead atoms. The molecule has 0 aliphatic carbocycles. The first-order valence-electron chi connectivity index (χ1n) is 4.71. The molecule has 2 rings (SSSR count). The van der Waals surface area contributed by atoms with E-state index in [1.165, 1.54) is 11.8 Å². The summed E-state index contributed by atoms with van der Waals surface area (Å²) in [6.07, 6.45) is 3.01. The molecule has 2 aromatic rings. The van der Waals surface area contributed by atoms with Crippen molar-refractivity contribution in [3.63, 3.8) is 0 Å². The highest BCUT2D eigenvalue weighted by Gasteiger charge is 2.08. The molecule has 0 aliphatic heterocycles. The molecule has 6 heteroatoms. The number of rotatable bonds is 5. The fraction of sp³-hybridized carbons (Fsp3) is 0.200. The number of carbonyl (C=O) groups is 1. The van der Waals surface area contributed by atoms with Gasteiger partial charge >= 0.3 is 0 Å². The highest BCUT2D eigenvalue weighted by atomic mass is 32.2. The van der Waals surface area contributed by atoms with E-state index >= 15 is 0 Å². The average Bonchev–Trinajstić information content (AvgIpc) is 2.79. The number of nitrogens with zero attached hydrogens (tertiary/aromatic N) is 3. The summed E-state index contributed by atoms with van der Waals surface area (Å²) < 4.78 is 5.38. The fourth-order valence-electron chi connectivity index (χ4n) is 1.06. The van der Waals surface area contributed by atoms with Crippen molar-refractivity contribution in [1.29, 1.82) is 0 Å². The van der Waals surface area contributed by atoms with Gasteiger partial charge in [0.15, 0.2) is 0 Å².